The second-order valence-corrected chi connectivity index (χ2v) is 10.1. The fourth-order valence-electron chi connectivity index (χ4n) is 3.50. The van der Waals surface area contributed by atoms with Gasteiger partial charge in [0.15, 0.2) is 0 Å². The molecule has 3 rings (SSSR count). The van der Waals surface area contributed by atoms with E-state index in [0.29, 0.717) is 9.87 Å². The largest absolute Gasteiger partial charge is 0.407 e. The Morgan fingerprint density at radius 1 is 1.43 bits per heavy atom. The number of rotatable bonds is 4. The number of halogens is 4. The summed E-state index contributed by atoms with van der Waals surface area (Å²) in [4.78, 5) is 24.7. The second-order valence-electron chi connectivity index (χ2n) is 7.81. The number of hydrogen-bond acceptors (Lipinski definition) is 8. The van der Waals surface area contributed by atoms with Gasteiger partial charge in [0.25, 0.3) is 5.91 Å². The third-order valence-electron chi connectivity index (χ3n) is 5.06. The number of hydrogen-bond donors (Lipinski definition) is 2. The van der Waals surface area contributed by atoms with E-state index in [0.717, 1.165) is 19.2 Å². The number of anilines is 1. The molecule has 0 aliphatic carbocycles. The molecular formula is C20H20F4N8O2S. The number of nitrogens with two attached hydrogens (primary N) is 1. The Kier molecular flexibility index (Phi) is 6.71. The predicted molar refractivity (Wildman–Crippen MR) is 119 cm³/mol. The molecule has 1 unspecified atom stereocenters. The fourth-order valence-corrected chi connectivity index (χ4v) is 5.60. The zero-order valence-corrected chi connectivity index (χ0v) is 19.5. The van der Waals surface area contributed by atoms with Crippen molar-refractivity contribution in [3.8, 4) is 6.07 Å². The molecule has 0 fully saturated rings. The van der Waals surface area contributed by atoms with Crippen LogP contribution in [0.15, 0.2) is 33.8 Å². The highest BCUT2D eigenvalue weighted by Gasteiger charge is 2.46. The number of pyridine rings is 2. The maximum atomic E-state index is 14.8. The van der Waals surface area contributed by atoms with Gasteiger partial charge in [0.2, 0.25) is 5.96 Å². The van der Waals surface area contributed by atoms with Crippen LogP contribution in [0.2, 0.25) is 0 Å². The summed E-state index contributed by atoms with van der Waals surface area (Å²) in [5.41, 5.74) is 4.24. The molecule has 0 radical (unpaired) electrons. The van der Waals surface area contributed by atoms with Gasteiger partial charge < -0.3 is 11.1 Å². The average Bonchev–Trinajstić information content (AvgIpc) is 2.76. The monoisotopic (exact) mass is 512 g/mol. The number of aromatic nitrogens is 2. The molecule has 10 nitrogen and oxygen atoms in total. The van der Waals surface area contributed by atoms with Crippen LogP contribution in [0.5, 0.6) is 0 Å². The standard InChI is InChI=1S/C20H20F4N8O2S/c1-11-6-12(7-25)8-28-15(11)17(33)30-14-5-4-13(21)16(29-14)19(2)10-35(34,27-3)32(18(26)31-19)9-20(22,23)24/h4-6,8H,9-10H2,1-3H3,(H2,26,31)(H,29,30,33)/t19-,35?/m0/s1. The van der Waals surface area contributed by atoms with Crippen molar-refractivity contribution < 1.29 is 26.6 Å². The van der Waals surface area contributed by atoms with Crippen LogP contribution in [0.1, 0.15) is 34.2 Å². The fraction of sp³-hybridized carbons (Fsp3) is 0.350. The molecule has 0 saturated heterocycles. The Labute approximate surface area is 198 Å². The Morgan fingerprint density at radius 3 is 2.69 bits per heavy atom. The van der Waals surface area contributed by atoms with Crippen molar-refractivity contribution in [1.29, 1.82) is 5.26 Å². The van der Waals surface area contributed by atoms with E-state index in [9.17, 15) is 26.6 Å². The highest BCUT2D eigenvalue weighted by molar-refractivity contribution is 7.92. The van der Waals surface area contributed by atoms with Crippen molar-refractivity contribution in [2.45, 2.75) is 25.6 Å². The quantitative estimate of drug-likeness (QED) is 0.601. The second kappa shape index (κ2) is 9.10. The third-order valence-corrected chi connectivity index (χ3v) is 7.57. The smallest absolute Gasteiger partial charge is 0.369 e. The van der Waals surface area contributed by atoms with Crippen LogP contribution in [-0.2, 0) is 15.5 Å². The summed E-state index contributed by atoms with van der Waals surface area (Å²) in [6.45, 7) is 1.22. The number of nitrogens with zero attached hydrogens (tertiary/aromatic N) is 6. The summed E-state index contributed by atoms with van der Waals surface area (Å²) < 4.78 is 71.1. The molecule has 3 N–H and O–H groups in total. The van der Waals surface area contributed by atoms with Crippen LogP contribution in [0.3, 0.4) is 0 Å². The topological polar surface area (TPSA) is 150 Å². The van der Waals surface area contributed by atoms with Crippen LogP contribution < -0.4 is 11.1 Å². The lowest BCUT2D eigenvalue weighted by Crippen LogP contribution is -2.55. The van der Waals surface area contributed by atoms with Crippen LogP contribution in [0.25, 0.3) is 0 Å². The SMILES string of the molecule is CN=S1(=O)C[C@@](C)(c2nc(NC(=O)c3ncc(C#N)cc3C)ccc2F)N=C(N)N1CC(F)(F)F. The minimum Gasteiger partial charge on any atom is -0.369 e. The van der Waals surface area contributed by atoms with Gasteiger partial charge in [0.05, 0.1) is 11.3 Å². The van der Waals surface area contributed by atoms with Crippen molar-refractivity contribution in [2.75, 3.05) is 24.7 Å². The molecule has 15 heteroatoms. The number of nitrogens with one attached hydrogen (secondary N) is 1. The van der Waals surface area contributed by atoms with Crippen LogP contribution in [-0.4, -0.2) is 55.9 Å². The minimum atomic E-state index is -4.74. The molecule has 1 aliphatic heterocycles. The normalized spacial score (nSPS) is 22.2. The molecular weight excluding hydrogens is 492 g/mol. The number of amides is 1. The molecule has 0 aromatic carbocycles. The van der Waals surface area contributed by atoms with Gasteiger partial charge in [-0.2, -0.15) is 18.4 Å². The van der Waals surface area contributed by atoms with Gasteiger partial charge in [-0.05, 0) is 37.6 Å². The molecule has 2 aromatic rings. The third kappa shape index (κ3) is 5.32. The van der Waals surface area contributed by atoms with Gasteiger partial charge in [0, 0.05) is 13.2 Å². The van der Waals surface area contributed by atoms with Gasteiger partial charge in [0.1, 0.15) is 51.1 Å². The maximum Gasteiger partial charge on any atom is 0.407 e. The van der Waals surface area contributed by atoms with Gasteiger partial charge in [-0.15, -0.1) is 0 Å². The zero-order valence-electron chi connectivity index (χ0n) is 18.7. The molecule has 0 spiro atoms. The first-order valence-corrected chi connectivity index (χ1v) is 11.5. The predicted octanol–water partition coefficient (Wildman–Crippen LogP) is 2.47. The first-order valence-electron chi connectivity index (χ1n) is 9.89. The number of carbonyl (C=O) groups is 1. The summed E-state index contributed by atoms with van der Waals surface area (Å²) >= 11 is 0. The van der Waals surface area contributed by atoms with Gasteiger partial charge in [-0.25, -0.2) is 32.2 Å². The Bertz CT molecular complexity index is 1380. The lowest BCUT2D eigenvalue weighted by molar-refractivity contribution is -0.130. The summed E-state index contributed by atoms with van der Waals surface area (Å²) in [7, 11) is -2.70. The first-order chi connectivity index (χ1) is 16.2. The highest BCUT2D eigenvalue weighted by atomic mass is 32.2. The van der Waals surface area contributed by atoms with Crippen LogP contribution >= 0.6 is 0 Å². The molecule has 0 saturated carbocycles. The van der Waals surface area contributed by atoms with Crippen LogP contribution in [0, 0.1) is 24.1 Å². The molecule has 186 valence electrons. The van der Waals surface area contributed by atoms with E-state index >= 15 is 0 Å². The summed E-state index contributed by atoms with van der Waals surface area (Å²) in [5.74, 6) is -3.09. The maximum absolute atomic E-state index is 14.8. The Morgan fingerprint density at radius 2 is 2.11 bits per heavy atom. The average molecular weight is 512 g/mol. The number of guanidine groups is 1. The lowest BCUT2D eigenvalue weighted by atomic mass is 10.00. The Hall–Kier alpha value is -3.80. The van der Waals surface area contributed by atoms with Crippen molar-refractivity contribution in [3.63, 3.8) is 0 Å². The number of alkyl halides is 3. The highest BCUT2D eigenvalue weighted by Crippen LogP contribution is 2.35. The van der Waals surface area contributed by atoms with Gasteiger partial charge in [-0.3, -0.25) is 4.79 Å². The van der Waals surface area contributed by atoms with E-state index in [1.165, 1.54) is 19.2 Å². The first kappa shape index (κ1) is 25.8. The minimum absolute atomic E-state index is 0.00147. The molecule has 2 atom stereocenters. The van der Waals surface area contributed by atoms with Crippen molar-refractivity contribution >= 4 is 27.6 Å². The summed E-state index contributed by atoms with van der Waals surface area (Å²) in [5, 5.41) is 11.4. The van der Waals surface area contributed by atoms with E-state index in [-0.39, 0.29) is 17.1 Å². The van der Waals surface area contributed by atoms with Gasteiger partial charge >= 0.3 is 6.18 Å². The van der Waals surface area contributed by atoms with Crippen molar-refractivity contribution in [1.82, 2.24) is 14.3 Å². The van der Waals surface area contributed by atoms with E-state index in [1.807, 2.05) is 6.07 Å². The van der Waals surface area contributed by atoms with Crippen LogP contribution in [0.4, 0.5) is 23.4 Å². The zero-order chi connectivity index (χ0) is 26.2. The molecule has 35 heavy (non-hydrogen) atoms. The molecule has 1 aliphatic rings. The van der Waals surface area contributed by atoms with E-state index < -0.39 is 57.3 Å². The van der Waals surface area contributed by atoms with E-state index in [2.05, 4.69) is 24.6 Å². The van der Waals surface area contributed by atoms with Gasteiger partial charge in [-0.1, -0.05) is 0 Å². The van der Waals surface area contributed by atoms with Crippen molar-refractivity contribution in [2.24, 2.45) is 15.1 Å². The molecule has 3 heterocycles. The number of aryl methyl sites for hydroxylation is 1. The molecule has 2 aromatic heterocycles. The molecule has 0 bridgehead atoms. The van der Waals surface area contributed by atoms with Crippen molar-refractivity contribution in [3.05, 3.63) is 52.7 Å². The summed E-state index contributed by atoms with van der Waals surface area (Å²) in [6.07, 6.45) is -3.53. The number of nitriles is 1. The lowest BCUT2D eigenvalue weighted by Gasteiger charge is -2.38. The Balaban J connectivity index is 2.00. The summed E-state index contributed by atoms with van der Waals surface area (Å²) in [6, 6.07) is 5.49. The molecule has 1 amide bonds. The van der Waals surface area contributed by atoms with E-state index in [4.69, 9.17) is 11.0 Å². The number of aliphatic imine (C=N–C) groups is 1. The number of carbonyl (C=O) groups excluding carboxylic acids is 1. The van der Waals surface area contributed by atoms with E-state index in [1.54, 1.807) is 6.92 Å².